The van der Waals surface area contributed by atoms with E-state index in [2.05, 4.69) is 33.8 Å². The topological polar surface area (TPSA) is 18.5 Å². The second-order valence-electron chi connectivity index (χ2n) is 4.91. The summed E-state index contributed by atoms with van der Waals surface area (Å²) in [5.41, 5.74) is 0.945. The third-order valence-corrected chi connectivity index (χ3v) is 3.40. The van der Waals surface area contributed by atoms with E-state index in [4.69, 9.17) is 9.31 Å². The lowest BCUT2D eigenvalue weighted by Gasteiger charge is -2.32. The first-order valence-corrected chi connectivity index (χ1v) is 4.97. The van der Waals surface area contributed by atoms with E-state index in [1.54, 1.807) is 0 Å². The summed E-state index contributed by atoms with van der Waals surface area (Å²) < 4.78 is 11.8. The average molecular weight is 180 g/mol. The van der Waals surface area contributed by atoms with Gasteiger partial charge < -0.3 is 9.31 Å². The Morgan fingerprint density at radius 1 is 1.15 bits per heavy atom. The molecule has 0 saturated carbocycles. The maximum Gasteiger partial charge on any atom is 0.490 e. The zero-order valence-electron chi connectivity index (χ0n) is 8.89. The number of allylic oxidation sites excluding steroid dienone is 2. The smallest absolute Gasteiger partial charge is 0.400 e. The molecule has 0 radical (unpaired) electrons. The van der Waals surface area contributed by atoms with Crippen molar-refractivity contribution in [3.63, 3.8) is 0 Å². The molecule has 0 bridgehead atoms. The first kappa shape index (κ1) is 9.29. The molecule has 1 saturated heterocycles. The summed E-state index contributed by atoms with van der Waals surface area (Å²) in [7, 11) is -0.0845. The van der Waals surface area contributed by atoms with Gasteiger partial charge in [0.05, 0.1) is 11.2 Å². The van der Waals surface area contributed by atoms with E-state index in [1.165, 1.54) is 11.9 Å². The molecule has 2 nitrogen and oxygen atoms in total. The minimum Gasteiger partial charge on any atom is -0.400 e. The van der Waals surface area contributed by atoms with Gasteiger partial charge in [-0.1, -0.05) is 6.08 Å². The van der Waals surface area contributed by atoms with Gasteiger partial charge >= 0.3 is 7.12 Å². The Hall–Kier alpha value is -0.275. The maximum atomic E-state index is 5.88. The fourth-order valence-corrected chi connectivity index (χ4v) is 1.52. The number of hydrogen-bond donors (Lipinski definition) is 0. The molecule has 0 amide bonds. The molecule has 0 aromatic rings. The Morgan fingerprint density at radius 3 is 1.92 bits per heavy atom. The highest BCUT2D eigenvalue weighted by Crippen LogP contribution is 2.40. The molecule has 0 aromatic carbocycles. The second-order valence-corrected chi connectivity index (χ2v) is 4.91. The highest BCUT2D eigenvalue weighted by atomic mass is 16.7. The Morgan fingerprint density at radius 2 is 1.62 bits per heavy atom. The molecule has 0 N–H and O–H groups in total. The van der Waals surface area contributed by atoms with E-state index in [1.807, 2.05) is 0 Å². The largest absolute Gasteiger partial charge is 0.490 e. The number of rotatable bonds is 1. The average Bonchev–Trinajstić information content (AvgIpc) is 1.96. The molecule has 13 heavy (non-hydrogen) atoms. The van der Waals surface area contributed by atoms with E-state index < -0.39 is 0 Å². The fourth-order valence-electron chi connectivity index (χ4n) is 1.52. The van der Waals surface area contributed by atoms with E-state index in [0.717, 1.165) is 6.42 Å². The Bertz CT molecular complexity index is 240. The molecule has 1 aliphatic carbocycles. The lowest BCUT2D eigenvalue weighted by atomic mass is 9.70. The molecule has 0 unspecified atom stereocenters. The Kier molecular flexibility index (Phi) is 1.87. The van der Waals surface area contributed by atoms with Crippen molar-refractivity contribution in [1.82, 2.24) is 0 Å². The summed E-state index contributed by atoms with van der Waals surface area (Å²) in [6, 6.07) is 0. The SMILES string of the molecule is CC1(C)OB(C2=CCC2)OC1(C)C. The summed E-state index contributed by atoms with van der Waals surface area (Å²) in [6.07, 6.45) is 4.53. The second kappa shape index (κ2) is 2.61. The minimum absolute atomic E-state index is 0.0845. The molecule has 72 valence electrons. The predicted molar refractivity (Wildman–Crippen MR) is 53.4 cm³/mol. The van der Waals surface area contributed by atoms with Crippen LogP contribution in [0.25, 0.3) is 0 Å². The molecule has 2 aliphatic rings. The van der Waals surface area contributed by atoms with Crippen molar-refractivity contribution < 1.29 is 9.31 Å². The van der Waals surface area contributed by atoms with E-state index in [-0.39, 0.29) is 18.3 Å². The molecule has 1 heterocycles. The van der Waals surface area contributed by atoms with Crippen LogP contribution in [-0.4, -0.2) is 18.3 Å². The molecular weight excluding hydrogens is 163 g/mol. The zero-order valence-corrected chi connectivity index (χ0v) is 8.89. The van der Waals surface area contributed by atoms with Crippen molar-refractivity contribution in [3.05, 3.63) is 11.5 Å². The molecule has 1 aliphatic heterocycles. The summed E-state index contributed by atoms with van der Waals surface area (Å²) in [5, 5.41) is 0. The Labute approximate surface area is 80.4 Å². The Balaban J connectivity index is 2.14. The van der Waals surface area contributed by atoms with Gasteiger partial charge in [0, 0.05) is 0 Å². The van der Waals surface area contributed by atoms with E-state index in [9.17, 15) is 0 Å². The zero-order chi connectivity index (χ0) is 9.69. The molecule has 3 heteroatoms. The first-order valence-electron chi connectivity index (χ1n) is 4.97. The van der Waals surface area contributed by atoms with Crippen molar-refractivity contribution in [2.45, 2.75) is 51.7 Å². The summed E-state index contributed by atoms with van der Waals surface area (Å²) in [5.74, 6) is 0. The standard InChI is InChI=1S/C10H17BO2/c1-9(2)10(3,4)13-11(12-9)8-6-5-7-8/h6H,5,7H2,1-4H3. The van der Waals surface area contributed by atoms with Crippen LogP contribution >= 0.6 is 0 Å². The van der Waals surface area contributed by atoms with Gasteiger partial charge in [-0.3, -0.25) is 0 Å². The summed E-state index contributed by atoms with van der Waals surface area (Å²) in [4.78, 5) is 0. The third-order valence-electron chi connectivity index (χ3n) is 3.40. The fraction of sp³-hybridized carbons (Fsp3) is 0.800. The highest BCUT2D eigenvalue weighted by Gasteiger charge is 2.52. The van der Waals surface area contributed by atoms with Gasteiger partial charge in [-0.15, -0.1) is 0 Å². The van der Waals surface area contributed by atoms with Crippen molar-refractivity contribution >= 4 is 7.12 Å². The minimum atomic E-state index is -0.186. The van der Waals surface area contributed by atoms with E-state index in [0.29, 0.717) is 0 Å². The molecule has 0 aromatic heterocycles. The normalized spacial score (nSPS) is 29.8. The number of hydrogen-bond acceptors (Lipinski definition) is 2. The van der Waals surface area contributed by atoms with Crippen molar-refractivity contribution in [1.29, 1.82) is 0 Å². The van der Waals surface area contributed by atoms with Crippen LogP contribution in [0.15, 0.2) is 11.5 Å². The summed E-state index contributed by atoms with van der Waals surface area (Å²) >= 11 is 0. The van der Waals surface area contributed by atoms with Crippen LogP contribution in [0.2, 0.25) is 0 Å². The van der Waals surface area contributed by atoms with Crippen LogP contribution in [0, 0.1) is 0 Å². The quantitative estimate of drug-likeness (QED) is 0.576. The van der Waals surface area contributed by atoms with Crippen molar-refractivity contribution in [2.75, 3.05) is 0 Å². The first-order chi connectivity index (χ1) is 5.92. The van der Waals surface area contributed by atoms with Gasteiger partial charge in [-0.05, 0) is 46.0 Å². The van der Waals surface area contributed by atoms with Gasteiger partial charge in [0.25, 0.3) is 0 Å². The van der Waals surface area contributed by atoms with Gasteiger partial charge in [-0.2, -0.15) is 0 Å². The van der Waals surface area contributed by atoms with Crippen LogP contribution in [0.1, 0.15) is 40.5 Å². The van der Waals surface area contributed by atoms with E-state index >= 15 is 0 Å². The molecular formula is C10H17BO2. The monoisotopic (exact) mass is 180 g/mol. The van der Waals surface area contributed by atoms with Crippen molar-refractivity contribution in [3.8, 4) is 0 Å². The van der Waals surface area contributed by atoms with Crippen LogP contribution < -0.4 is 0 Å². The highest BCUT2D eigenvalue weighted by molar-refractivity contribution is 6.55. The lowest BCUT2D eigenvalue weighted by Crippen LogP contribution is -2.41. The van der Waals surface area contributed by atoms with Crippen LogP contribution in [-0.2, 0) is 9.31 Å². The molecule has 1 fully saturated rings. The van der Waals surface area contributed by atoms with Crippen LogP contribution in [0.3, 0.4) is 0 Å². The van der Waals surface area contributed by atoms with Gasteiger partial charge in [0.2, 0.25) is 0 Å². The van der Waals surface area contributed by atoms with Gasteiger partial charge in [0.1, 0.15) is 0 Å². The van der Waals surface area contributed by atoms with Gasteiger partial charge in [0.15, 0.2) is 0 Å². The predicted octanol–water partition coefficient (Wildman–Crippen LogP) is 2.34. The third kappa shape index (κ3) is 1.34. The molecule has 0 spiro atoms. The summed E-state index contributed by atoms with van der Waals surface area (Å²) in [6.45, 7) is 8.36. The maximum absolute atomic E-state index is 5.88. The van der Waals surface area contributed by atoms with Crippen LogP contribution in [0.5, 0.6) is 0 Å². The van der Waals surface area contributed by atoms with Crippen LogP contribution in [0.4, 0.5) is 0 Å². The van der Waals surface area contributed by atoms with Gasteiger partial charge in [-0.25, -0.2) is 0 Å². The molecule has 0 atom stereocenters. The van der Waals surface area contributed by atoms with Crippen molar-refractivity contribution in [2.24, 2.45) is 0 Å². The molecule has 2 rings (SSSR count). The lowest BCUT2D eigenvalue weighted by molar-refractivity contribution is 0.00578.